The molecule has 0 unspecified atom stereocenters. The molecule has 0 aliphatic heterocycles. The van der Waals surface area contributed by atoms with Crippen molar-refractivity contribution in [2.45, 2.75) is 24.9 Å². The first-order valence-electron chi connectivity index (χ1n) is 8.92. The lowest BCUT2D eigenvalue weighted by atomic mass is 10.0. The fraction of sp³-hybridized carbons (Fsp3) is 0.200. The Morgan fingerprint density at radius 1 is 1.06 bits per heavy atom. The van der Waals surface area contributed by atoms with Gasteiger partial charge in [-0.15, -0.1) is 0 Å². The van der Waals surface area contributed by atoms with Crippen molar-refractivity contribution >= 4 is 5.65 Å². The lowest BCUT2D eigenvalue weighted by Crippen LogP contribution is -2.36. The number of nitrogens with zero attached hydrogens (tertiary/aromatic N) is 5. The summed E-state index contributed by atoms with van der Waals surface area (Å²) in [5.74, 6) is -4.99. The van der Waals surface area contributed by atoms with Crippen molar-refractivity contribution in [3.05, 3.63) is 60.6 Å². The number of alkyl halides is 5. The van der Waals surface area contributed by atoms with E-state index in [1.807, 2.05) is 6.07 Å². The normalized spacial score (nSPS) is 12.3. The van der Waals surface area contributed by atoms with Crippen LogP contribution >= 0.6 is 0 Å². The molecule has 158 valence electrons. The van der Waals surface area contributed by atoms with Gasteiger partial charge in [-0.1, -0.05) is 0 Å². The van der Waals surface area contributed by atoms with Crippen LogP contribution in [-0.4, -0.2) is 31.5 Å². The van der Waals surface area contributed by atoms with Crippen molar-refractivity contribution in [3.8, 4) is 28.7 Å². The van der Waals surface area contributed by atoms with Gasteiger partial charge in [-0.2, -0.15) is 27.2 Å². The van der Waals surface area contributed by atoms with Crippen molar-refractivity contribution in [1.29, 1.82) is 5.26 Å². The molecule has 0 saturated heterocycles. The summed E-state index contributed by atoms with van der Waals surface area (Å²) in [4.78, 5) is 12.3. The summed E-state index contributed by atoms with van der Waals surface area (Å²) in [6, 6.07) is 8.39. The molecule has 0 bridgehead atoms. The summed E-state index contributed by atoms with van der Waals surface area (Å²) in [7, 11) is 0. The van der Waals surface area contributed by atoms with Crippen LogP contribution in [0, 0.1) is 11.3 Å². The highest BCUT2D eigenvalue weighted by Gasteiger charge is 2.56. The van der Waals surface area contributed by atoms with Crippen molar-refractivity contribution in [1.82, 2.24) is 19.4 Å². The Kier molecular flexibility index (Phi) is 4.93. The molecule has 0 N–H and O–H groups in total. The number of fused-ring (bicyclic) bond motifs is 1. The average molecular weight is 433 g/mol. The third-order valence-corrected chi connectivity index (χ3v) is 4.57. The molecule has 11 heteroatoms. The highest BCUT2D eigenvalue weighted by molar-refractivity contribution is 5.79. The van der Waals surface area contributed by atoms with Gasteiger partial charge in [0.1, 0.15) is 17.4 Å². The van der Waals surface area contributed by atoms with Crippen LogP contribution in [-0.2, 0) is 6.42 Å². The number of halogens is 5. The first-order chi connectivity index (χ1) is 14.7. The fourth-order valence-electron chi connectivity index (χ4n) is 2.95. The van der Waals surface area contributed by atoms with Crippen LogP contribution < -0.4 is 0 Å². The number of hydrogen-bond acceptors (Lipinski definition) is 5. The predicted octanol–water partition coefficient (Wildman–Crippen LogP) is 5.05. The van der Waals surface area contributed by atoms with Gasteiger partial charge in [-0.3, -0.25) is 0 Å². The van der Waals surface area contributed by atoms with Crippen molar-refractivity contribution < 1.29 is 26.4 Å². The minimum atomic E-state index is -5.64. The number of nitriles is 1. The van der Waals surface area contributed by atoms with Gasteiger partial charge in [-0.25, -0.2) is 15.0 Å². The highest BCUT2D eigenvalue weighted by Crippen LogP contribution is 2.39. The Morgan fingerprint density at radius 3 is 2.61 bits per heavy atom. The molecule has 4 aromatic heterocycles. The van der Waals surface area contributed by atoms with Crippen LogP contribution in [0.2, 0.25) is 0 Å². The number of imidazole rings is 1. The topological polar surface area (TPSA) is 80.0 Å². The maximum absolute atomic E-state index is 13.2. The van der Waals surface area contributed by atoms with Crippen molar-refractivity contribution in [2.24, 2.45) is 0 Å². The Bertz CT molecular complexity index is 1290. The van der Waals surface area contributed by atoms with Gasteiger partial charge >= 0.3 is 12.1 Å². The van der Waals surface area contributed by atoms with E-state index in [9.17, 15) is 27.2 Å². The highest BCUT2D eigenvalue weighted by atomic mass is 19.4. The Balaban J connectivity index is 1.68. The first-order valence-corrected chi connectivity index (χ1v) is 8.92. The van der Waals surface area contributed by atoms with E-state index in [-0.39, 0.29) is 17.3 Å². The predicted molar refractivity (Wildman–Crippen MR) is 98.0 cm³/mol. The molecule has 0 amide bonds. The summed E-state index contributed by atoms with van der Waals surface area (Å²) in [5.41, 5.74) is 2.11. The van der Waals surface area contributed by atoms with Crippen LogP contribution in [0.1, 0.15) is 18.0 Å². The van der Waals surface area contributed by atoms with Crippen molar-refractivity contribution in [2.75, 3.05) is 0 Å². The van der Waals surface area contributed by atoms with Crippen molar-refractivity contribution in [3.63, 3.8) is 0 Å². The van der Waals surface area contributed by atoms with Crippen LogP contribution in [0.5, 0.6) is 0 Å². The minimum Gasteiger partial charge on any atom is -0.441 e. The van der Waals surface area contributed by atoms with E-state index < -0.39 is 24.9 Å². The zero-order valence-corrected chi connectivity index (χ0v) is 15.6. The van der Waals surface area contributed by atoms with E-state index in [2.05, 4.69) is 15.0 Å². The second kappa shape index (κ2) is 7.46. The molecule has 4 aromatic rings. The van der Waals surface area contributed by atoms with Crippen LogP contribution in [0.15, 0.2) is 53.5 Å². The molecule has 0 spiro atoms. The van der Waals surface area contributed by atoms with E-state index in [0.29, 0.717) is 22.5 Å². The monoisotopic (exact) mass is 433 g/mol. The number of aryl methyl sites for hydroxylation is 1. The zero-order valence-electron chi connectivity index (χ0n) is 15.6. The van der Waals surface area contributed by atoms with E-state index in [4.69, 9.17) is 4.42 Å². The van der Waals surface area contributed by atoms with Gasteiger partial charge in [-0.05, 0) is 24.3 Å². The summed E-state index contributed by atoms with van der Waals surface area (Å²) in [6.45, 7) is 0. The largest absolute Gasteiger partial charge is 0.453 e. The van der Waals surface area contributed by atoms with E-state index in [0.717, 1.165) is 0 Å². The van der Waals surface area contributed by atoms with Crippen LogP contribution in [0.25, 0.3) is 28.2 Å². The first kappa shape index (κ1) is 20.5. The lowest BCUT2D eigenvalue weighted by molar-refractivity contribution is -0.284. The summed E-state index contributed by atoms with van der Waals surface area (Å²) in [6.07, 6.45) is -1.50. The molecular formula is C20H12F5N5O. The van der Waals surface area contributed by atoms with Crippen LogP contribution in [0.4, 0.5) is 22.0 Å². The molecular weight excluding hydrogens is 421 g/mol. The summed E-state index contributed by atoms with van der Waals surface area (Å²) >= 11 is 0. The van der Waals surface area contributed by atoms with Gasteiger partial charge in [0, 0.05) is 42.6 Å². The van der Waals surface area contributed by atoms with Gasteiger partial charge in [0.05, 0.1) is 11.9 Å². The standard InChI is InChI=1S/C20H12F5N5O/c21-19(22,20(23,24)25)5-3-17-28-11-15(31-17)14-2-1-13(10-26)29-18(14)12-4-7-30-8-6-27-16(30)9-12/h1-2,4,6-9,11H,3,5H2. The van der Waals surface area contributed by atoms with Crippen LogP contribution in [0.3, 0.4) is 0 Å². The number of pyridine rings is 2. The summed E-state index contributed by atoms with van der Waals surface area (Å²) < 4.78 is 70.6. The molecule has 0 radical (unpaired) electrons. The Hall–Kier alpha value is -3.81. The van der Waals surface area contributed by atoms with Gasteiger partial charge < -0.3 is 8.82 Å². The van der Waals surface area contributed by atoms with E-state index >= 15 is 0 Å². The fourth-order valence-corrected chi connectivity index (χ4v) is 2.95. The molecule has 0 aliphatic rings. The molecule has 6 nitrogen and oxygen atoms in total. The van der Waals surface area contributed by atoms with Gasteiger partial charge in [0.15, 0.2) is 11.7 Å². The molecule has 4 rings (SSSR count). The van der Waals surface area contributed by atoms with E-state index in [1.165, 1.54) is 12.3 Å². The number of hydrogen-bond donors (Lipinski definition) is 0. The van der Waals surface area contributed by atoms with Gasteiger partial charge in [0.2, 0.25) is 0 Å². The smallest absolute Gasteiger partial charge is 0.441 e. The molecule has 0 fully saturated rings. The number of aromatic nitrogens is 4. The molecule has 4 heterocycles. The minimum absolute atomic E-state index is 0.125. The van der Waals surface area contributed by atoms with Gasteiger partial charge in [0.25, 0.3) is 0 Å². The molecule has 31 heavy (non-hydrogen) atoms. The zero-order chi connectivity index (χ0) is 22.2. The molecule has 0 atom stereocenters. The Labute approximate surface area is 171 Å². The molecule has 0 aliphatic carbocycles. The quantitative estimate of drug-likeness (QED) is 0.412. The molecule has 0 aromatic carbocycles. The maximum Gasteiger partial charge on any atom is 0.453 e. The Morgan fingerprint density at radius 2 is 1.87 bits per heavy atom. The molecule has 0 saturated carbocycles. The maximum atomic E-state index is 13.2. The number of oxazole rings is 1. The third kappa shape index (κ3) is 3.96. The second-order valence-corrected chi connectivity index (χ2v) is 6.63. The lowest BCUT2D eigenvalue weighted by Gasteiger charge is -2.18. The second-order valence-electron chi connectivity index (χ2n) is 6.63. The SMILES string of the molecule is N#Cc1ccc(-c2cnc(CCC(F)(F)C(F)(F)F)o2)c(-c2ccn3ccnc3c2)n1. The number of rotatable bonds is 5. The summed E-state index contributed by atoms with van der Waals surface area (Å²) in [5, 5.41) is 9.20. The van der Waals surface area contributed by atoms with E-state index in [1.54, 1.807) is 41.2 Å². The average Bonchev–Trinajstić information content (AvgIpc) is 3.40. The third-order valence-electron chi connectivity index (χ3n) is 4.57.